The van der Waals surface area contributed by atoms with Crippen LogP contribution in [0.2, 0.25) is 5.02 Å². The molecule has 0 bridgehead atoms. The summed E-state index contributed by atoms with van der Waals surface area (Å²) < 4.78 is 0.917. The van der Waals surface area contributed by atoms with Crippen molar-refractivity contribution in [2.75, 3.05) is 0 Å². The van der Waals surface area contributed by atoms with Gasteiger partial charge in [-0.2, -0.15) is 0 Å². The van der Waals surface area contributed by atoms with Crippen molar-refractivity contribution < 1.29 is 0 Å². The molecule has 1 heterocycles. The van der Waals surface area contributed by atoms with Gasteiger partial charge in [0.25, 0.3) is 0 Å². The zero-order chi connectivity index (χ0) is 12.4. The summed E-state index contributed by atoms with van der Waals surface area (Å²) in [5.74, 6) is 0. The summed E-state index contributed by atoms with van der Waals surface area (Å²) in [6.45, 7) is 0.897. The van der Waals surface area contributed by atoms with Crippen LogP contribution in [0.25, 0.3) is 0 Å². The summed E-state index contributed by atoms with van der Waals surface area (Å²) in [6.07, 6.45) is 2.61. The minimum Gasteiger partial charge on any atom is -0.310 e. The molecule has 0 spiro atoms. The van der Waals surface area contributed by atoms with Gasteiger partial charge < -0.3 is 5.32 Å². The molecule has 1 fully saturated rings. The van der Waals surface area contributed by atoms with Crippen molar-refractivity contribution in [2.45, 2.75) is 34.7 Å². The van der Waals surface area contributed by atoms with E-state index in [-0.39, 0.29) is 0 Å². The summed E-state index contributed by atoms with van der Waals surface area (Å²) in [6, 6.07) is 6.92. The number of hydrogen-bond acceptors (Lipinski definition) is 5. The number of rotatable bonds is 5. The largest absolute Gasteiger partial charge is 0.310 e. The van der Waals surface area contributed by atoms with Crippen molar-refractivity contribution >= 4 is 34.7 Å². The third-order valence-electron chi connectivity index (χ3n) is 2.71. The molecule has 2 aromatic rings. The summed E-state index contributed by atoms with van der Waals surface area (Å²) >= 11 is 9.37. The van der Waals surface area contributed by atoms with Gasteiger partial charge in [-0.3, -0.25) is 0 Å². The maximum Gasteiger partial charge on any atom is 0.178 e. The van der Waals surface area contributed by atoms with E-state index in [0.717, 1.165) is 26.8 Å². The number of hydrogen-bond donors (Lipinski definition) is 1. The van der Waals surface area contributed by atoms with Gasteiger partial charge in [0.1, 0.15) is 5.51 Å². The fourth-order valence-corrected chi connectivity index (χ4v) is 3.35. The Morgan fingerprint density at radius 3 is 3.00 bits per heavy atom. The highest BCUT2D eigenvalue weighted by Crippen LogP contribution is 2.34. The number of benzene rings is 1. The molecule has 0 unspecified atom stereocenters. The average Bonchev–Trinajstić information content (AvgIpc) is 3.06. The highest BCUT2D eigenvalue weighted by Gasteiger charge is 2.20. The van der Waals surface area contributed by atoms with Gasteiger partial charge in [-0.05, 0) is 30.5 Å². The molecule has 1 aromatic carbocycles. The standard InChI is InChI=1S/C12H12ClN3S2/c13-10-5-8(6-14-9-2-3-9)1-4-11(10)18-12-16-15-7-17-12/h1,4-5,7,9,14H,2-3,6H2. The first-order valence-corrected chi connectivity index (χ1v) is 7.84. The number of aromatic nitrogens is 2. The smallest absolute Gasteiger partial charge is 0.178 e. The second-order valence-corrected chi connectivity index (χ2v) is 6.76. The summed E-state index contributed by atoms with van der Waals surface area (Å²) in [4.78, 5) is 1.03. The van der Waals surface area contributed by atoms with Crippen LogP contribution in [0.1, 0.15) is 18.4 Å². The Hall–Kier alpha value is -0.620. The molecule has 1 aromatic heterocycles. The third-order valence-corrected chi connectivity index (χ3v) is 4.98. The lowest BCUT2D eigenvalue weighted by atomic mass is 10.2. The minimum absolute atomic E-state index is 0.722. The fraction of sp³-hybridized carbons (Fsp3) is 0.333. The lowest BCUT2D eigenvalue weighted by Gasteiger charge is -2.06. The normalized spacial score (nSPS) is 14.9. The topological polar surface area (TPSA) is 37.8 Å². The molecule has 3 nitrogen and oxygen atoms in total. The molecular formula is C12H12ClN3S2. The maximum absolute atomic E-state index is 6.29. The molecule has 18 heavy (non-hydrogen) atoms. The highest BCUT2D eigenvalue weighted by atomic mass is 35.5. The molecular weight excluding hydrogens is 286 g/mol. The second kappa shape index (κ2) is 5.57. The molecule has 0 saturated heterocycles. The van der Waals surface area contributed by atoms with E-state index >= 15 is 0 Å². The lowest BCUT2D eigenvalue weighted by Crippen LogP contribution is -2.15. The molecule has 0 amide bonds. The first-order valence-electron chi connectivity index (χ1n) is 5.77. The van der Waals surface area contributed by atoms with Crippen LogP contribution < -0.4 is 5.32 Å². The van der Waals surface area contributed by atoms with Gasteiger partial charge in [0.2, 0.25) is 0 Å². The highest BCUT2D eigenvalue weighted by molar-refractivity contribution is 8.01. The first-order chi connectivity index (χ1) is 8.81. The molecule has 0 atom stereocenters. The van der Waals surface area contributed by atoms with E-state index in [2.05, 4.69) is 27.6 Å². The molecule has 6 heteroatoms. The van der Waals surface area contributed by atoms with Gasteiger partial charge in [0.15, 0.2) is 4.34 Å². The Morgan fingerprint density at radius 1 is 1.44 bits per heavy atom. The third kappa shape index (κ3) is 3.23. The van der Waals surface area contributed by atoms with Crippen molar-refractivity contribution in [3.63, 3.8) is 0 Å². The zero-order valence-electron chi connectivity index (χ0n) is 9.60. The molecule has 1 aliphatic carbocycles. The molecule has 3 rings (SSSR count). The Morgan fingerprint density at radius 2 is 2.33 bits per heavy atom. The number of halogens is 1. The van der Waals surface area contributed by atoms with Crippen LogP contribution in [0.15, 0.2) is 32.9 Å². The zero-order valence-corrected chi connectivity index (χ0v) is 12.0. The van der Waals surface area contributed by atoms with Crippen molar-refractivity contribution in [3.05, 3.63) is 34.3 Å². The molecule has 1 aliphatic rings. The molecule has 0 aliphatic heterocycles. The van der Waals surface area contributed by atoms with Gasteiger partial charge in [-0.15, -0.1) is 10.2 Å². The van der Waals surface area contributed by atoms with Crippen LogP contribution in [0.3, 0.4) is 0 Å². The van der Waals surface area contributed by atoms with Gasteiger partial charge in [-0.25, -0.2) is 0 Å². The molecule has 1 N–H and O–H groups in total. The Labute approximate surface area is 119 Å². The van der Waals surface area contributed by atoms with Gasteiger partial charge in [0.05, 0.1) is 5.02 Å². The average molecular weight is 298 g/mol. The predicted octanol–water partition coefficient (Wildman–Crippen LogP) is 3.59. The Kier molecular flexibility index (Phi) is 3.84. The van der Waals surface area contributed by atoms with E-state index in [1.54, 1.807) is 17.3 Å². The summed E-state index contributed by atoms with van der Waals surface area (Å²) in [7, 11) is 0. The summed E-state index contributed by atoms with van der Waals surface area (Å²) in [5, 5.41) is 12.1. The quantitative estimate of drug-likeness (QED) is 0.915. The van der Waals surface area contributed by atoms with E-state index in [1.807, 2.05) is 6.07 Å². The first kappa shape index (κ1) is 12.4. The monoisotopic (exact) mass is 297 g/mol. The van der Waals surface area contributed by atoms with E-state index in [9.17, 15) is 0 Å². The van der Waals surface area contributed by atoms with E-state index in [0.29, 0.717) is 0 Å². The van der Waals surface area contributed by atoms with Gasteiger partial charge in [0, 0.05) is 17.5 Å². The van der Waals surface area contributed by atoms with Crippen LogP contribution in [-0.4, -0.2) is 16.2 Å². The minimum atomic E-state index is 0.722. The Bertz CT molecular complexity index is 526. The molecule has 94 valence electrons. The van der Waals surface area contributed by atoms with Crippen molar-refractivity contribution in [3.8, 4) is 0 Å². The van der Waals surface area contributed by atoms with Gasteiger partial charge in [-0.1, -0.05) is 40.8 Å². The molecule has 0 radical (unpaired) electrons. The SMILES string of the molecule is Clc1cc(CNC2CC2)ccc1Sc1nncs1. The van der Waals surface area contributed by atoms with Crippen LogP contribution in [-0.2, 0) is 6.54 Å². The number of nitrogens with zero attached hydrogens (tertiary/aromatic N) is 2. The van der Waals surface area contributed by atoms with Crippen LogP contribution in [0, 0.1) is 0 Å². The fourth-order valence-electron chi connectivity index (χ4n) is 1.59. The van der Waals surface area contributed by atoms with Crippen molar-refractivity contribution in [1.82, 2.24) is 15.5 Å². The van der Waals surface area contributed by atoms with E-state index in [1.165, 1.54) is 29.7 Å². The maximum atomic E-state index is 6.29. The van der Waals surface area contributed by atoms with E-state index < -0.39 is 0 Å². The number of nitrogens with one attached hydrogen (secondary N) is 1. The van der Waals surface area contributed by atoms with Crippen LogP contribution in [0.5, 0.6) is 0 Å². The predicted molar refractivity (Wildman–Crippen MR) is 75.3 cm³/mol. The lowest BCUT2D eigenvalue weighted by molar-refractivity contribution is 0.687. The Balaban J connectivity index is 1.67. The van der Waals surface area contributed by atoms with Crippen molar-refractivity contribution in [2.24, 2.45) is 0 Å². The second-order valence-electron chi connectivity index (χ2n) is 4.23. The summed E-state index contributed by atoms with van der Waals surface area (Å²) in [5.41, 5.74) is 2.96. The molecule has 1 saturated carbocycles. The van der Waals surface area contributed by atoms with E-state index in [4.69, 9.17) is 11.6 Å². The van der Waals surface area contributed by atoms with Crippen LogP contribution >= 0.6 is 34.7 Å². The van der Waals surface area contributed by atoms with Crippen molar-refractivity contribution in [1.29, 1.82) is 0 Å². The van der Waals surface area contributed by atoms with Gasteiger partial charge >= 0.3 is 0 Å². The van der Waals surface area contributed by atoms with Crippen LogP contribution in [0.4, 0.5) is 0 Å².